The molecule has 1 saturated heterocycles. The van der Waals surface area contributed by atoms with Crippen molar-refractivity contribution in [3.05, 3.63) is 59.7 Å². The van der Waals surface area contributed by atoms with Gasteiger partial charge in [0, 0.05) is 30.4 Å². The topological polar surface area (TPSA) is 102 Å². The Balaban J connectivity index is 1.37. The van der Waals surface area contributed by atoms with Crippen molar-refractivity contribution in [1.82, 2.24) is 9.62 Å². The van der Waals surface area contributed by atoms with E-state index >= 15 is 0 Å². The highest BCUT2D eigenvalue weighted by molar-refractivity contribution is 7.89. The van der Waals surface area contributed by atoms with Crippen molar-refractivity contribution in [2.75, 3.05) is 25.0 Å². The van der Waals surface area contributed by atoms with E-state index in [1.165, 1.54) is 44.2 Å². The van der Waals surface area contributed by atoms with Crippen molar-refractivity contribution in [3.63, 3.8) is 0 Å². The van der Waals surface area contributed by atoms with Crippen molar-refractivity contribution in [3.8, 4) is 6.07 Å². The summed E-state index contributed by atoms with van der Waals surface area (Å²) in [5.41, 5.74) is 1.16. The van der Waals surface area contributed by atoms with E-state index in [4.69, 9.17) is 5.26 Å². The first-order chi connectivity index (χ1) is 15.9. The Kier molecular flexibility index (Phi) is 7.43. The van der Waals surface area contributed by atoms with Crippen LogP contribution in [0.3, 0.4) is 0 Å². The van der Waals surface area contributed by atoms with Gasteiger partial charge in [-0.05, 0) is 68.1 Å². The van der Waals surface area contributed by atoms with Crippen LogP contribution in [-0.2, 0) is 10.0 Å². The third-order valence-electron chi connectivity index (χ3n) is 6.49. The van der Waals surface area contributed by atoms with Gasteiger partial charge in [-0.1, -0.05) is 31.4 Å². The third-order valence-corrected chi connectivity index (χ3v) is 8.01. The molecule has 1 heterocycles. The molecule has 2 N–H and O–H groups in total. The molecule has 33 heavy (non-hydrogen) atoms. The largest absolute Gasteiger partial charge is 0.322 e. The fourth-order valence-corrected chi connectivity index (χ4v) is 6.10. The van der Waals surface area contributed by atoms with Crippen LogP contribution in [0, 0.1) is 17.2 Å². The summed E-state index contributed by atoms with van der Waals surface area (Å²) in [6, 6.07) is 14.5. The molecule has 4 rings (SSSR count). The lowest BCUT2D eigenvalue weighted by atomic mass is 9.89. The van der Waals surface area contributed by atoms with Crippen LogP contribution < -0.4 is 10.0 Å². The lowest BCUT2D eigenvalue weighted by molar-refractivity contribution is 0.102. The first-order valence-corrected chi connectivity index (χ1v) is 13.1. The van der Waals surface area contributed by atoms with Gasteiger partial charge < -0.3 is 10.2 Å². The van der Waals surface area contributed by atoms with Crippen molar-refractivity contribution in [2.24, 2.45) is 5.92 Å². The van der Waals surface area contributed by atoms with Crippen LogP contribution in [0.1, 0.15) is 54.4 Å². The fraction of sp³-hybridized carbons (Fsp3) is 0.440. The number of likely N-dealkylation sites (tertiary alicyclic amines) is 1. The first kappa shape index (κ1) is 23.4. The number of nitrogens with zero attached hydrogens (tertiary/aromatic N) is 2. The average molecular weight is 467 g/mol. The second-order valence-electron chi connectivity index (χ2n) is 9.05. The fourth-order valence-electron chi connectivity index (χ4n) is 4.79. The molecule has 2 fully saturated rings. The zero-order valence-corrected chi connectivity index (χ0v) is 19.5. The van der Waals surface area contributed by atoms with Gasteiger partial charge >= 0.3 is 0 Å². The van der Waals surface area contributed by atoms with Crippen molar-refractivity contribution < 1.29 is 13.2 Å². The number of hydrogen-bond donors (Lipinski definition) is 2. The summed E-state index contributed by atoms with van der Waals surface area (Å²) in [5.74, 6) is 0.305. The van der Waals surface area contributed by atoms with Crippen LogP contribution in [0.15, 0.2) is 53.4 Å². The van der Waals surface area contributed by atoms with Gasteiger partial charge in [0.2, 0.25) is 10.0 Å². The van der Waals surface area contributed by atoms with Crippen LogP contribution in [0.25, 0.3) is 0 Å². The number of sulfonamides is 1. The molecule has 0 aromatic heterocycles. The van der Waals surface area contributed by atoms with E-state index in [9.17, 15) is 13.2 Å². The molecule has 0 bridgehead atoms. The first-order valence-electron chi connectivity index (χ1n) is 11.6. The van der Waals surface area contributed by atoms with E-state index in [-0.39, 0.29) is 16.5 Å². The summed E-state index contributed by atoms with van der Waals surface area (Å²) in [4.78, 5) is 15.1. The van der Waals surface area contributed by atoms with E-state index in [2.05, 4.69) is 14.9 Å². The van der Waals surface area contributed by atoms with Crippen LogP contribution in [0.5, 0.6) is 0 Å². The highest BCUT2D eigenvalue weighted by Crippen LogP contribution is 2.26. The molecular weight excluding hydrogens is 436 g/mol. The SMILES string of the molecule is N#Cc1cccc(NC(=O)c2cccc(S(=O)(=O)NC3CCN(CC4CCCCC4)C3)c2)c1. The van der Waals surface area contributed by atoms with Crippen LogP contribution in [-0.4, -0.2) is 44.9 Å². The Morgan fingerprint density at radius 3 is 2.64 bits per heavy atom. The number of rotatable bonds is 7. The van der Waals surface area contributed by atoms with Gasteiger partial charge in [-0.25, -0.2) is 13.1 Å². The monoisotopic (exact) mass is 466 g/mol. The third kappa shape index (κ3) is 6.20. The van der Waals surface area contributed by atoms with E-state index in [0.29, 0.717) is 11.3 Å². The summed E-state index contributed by atoms with van der Waals surface area (Å²) in [7, 11) is -3.74. The maximum Gasteiger partial charge on any atom is 0.255 e. The summed E-state index contributed by atoms with van der Waals surface area (Å²) in [6.45, 7) is 2.69. The van der Waals surface area contributed by atoms with Gasteiger partial charge in [-0.15, -0.1) is 0 Å². The predicted octanol–water partition coefficient (Wildman–Crippen LogP) is 3.74. The standard InChI is InChI=1S/C25H30N4O3S/c26-16-20-8-4-10-22(14-20)27-25(30)21-9-5-11-24(15-21)33(31,32)28-23-12-13-29(18-23)17-19-6-2-1-3-7-19/h4-5,8-11,14-15,19,23,28H,1-3,6-7,12-13,17-18H2,(H,27,30). The normalized spacial score (nSPS) is 19.8. The minimum absolute atomic E-state index is 0.0756. The van der Waals surface area contributed by atoms with Crippen LogP contribution in [0.4, 0.5) is 5.69 Å². The minimum atomic E-state index is -3.74. The van der Waals surface area contributed by atoms with Gasteiger partial charge in [0.05, 0.1) is 16.5 Å². The van der Waals surface area contributed by atoms with Gasteiger partial charge in [0.1, 0.15) is 0 Å². The van der Waals surface area contributed by atoms with Crippen LogP contribution in [0.2, 0.25) is 0 Å². The maximum atomic E-state index is 13.0. The number of amides is 1. The Morgan fingerprint density at radius 2 is 1.85 bits per heavy atom. The predicted molar refractivity (Wildman–Crippen MR) is 127 cm³/mol. The molecule has 2 aromatic rings. The molecule has 2 aliphatic rings. The Morgan fingerprint density at radius 1 is 1.06 bits per heavy atom. The highest BCUT2D eigenvalue weighted by atomic mass is 32.2. The maximum absolute atomic E-state index is 13.0. The summed E-state index contributed by atoms with van der Waals surface area (Å²) in [6.07, 6.45) is 7.30. The van der Waals surface area contributed by atoms with Gasteiger partial charge in [-0.2, -0.15) is 5.26 Å². The number of anilines is 1. The van der Waals surface area contributed by atoms with Crippen molar-refractivity contribution in [1.29, 1.82) is 5.26 Å². The smallest absolute Gasteiger partial charge is 0.255 e. The highest BCUT2D eigenvalue weighted by Gasteiger charge is 2.29. The van der Waals surface area contributed by atoms with E-state index in [0.717, 1.165) is 32.0 Å². The molecule has 1 aliphatic heterocycles. The molecule has 1 saturated carbocycles. The molecule has 1 amide bonds. The van der Waals surface area contributed by atoms with Crippen molar-refractivity contribution >= 4 is 21.6 Å². The molecule has 1 unspecified atom stereocenters. The van der Waals surface area contributed by atoms with E-state index < -0.39 is 15.9 Å². The Hall–Kier alpha value is -2.73. The molecular formula is C25H30N4O3S. The summed E-state index contributed by atoms with van der Waals surface area (Å²) in [5, 5.41) is 11.7. The molecule has 0 radical (unpaired) electrons. The van der Waals surface area contributed by atoms with Crippen LogP contribution >= 0.6 is 0 Å². The molecule has 1 aliphatic carbocycles. The molecule has 0 spiro atoms. The second-order valence-corrected chi connectivity index (χ2v) is 10.8. The number of hydrogen-bond acceptors (Lipinski definition) is 5. The minimum Gasteiger partial charge on any atom is -0.322 e. The zero-order valence-electron chi connectivity index (χ0n) is 18.7. The molecule has 174 valence electrons. The summed E-state index contributed by atoms with van der Waals surface area (Å²) >= 11 is 0. The molecule has 2 aromatic carbocycles. The molecule has 8 heteroatoms. The lowest BCUT2D eigenvalue weighted by Gasteiger charge is -2.26. The number of carbonyl (C=O) groups is 1. The molecule has 7 nitrogen and oxygen atoms in total. The Labute approximate surface area is 195 Å². The van der Waals surface area contributed by atoms with Gasteiger partial charge in [0.25, 0.3) is 5.91 Å². The molecule has 1 atom stereocenters. The number of nitriles is 1. The van der Waals surface area contributed by atoms with E-state index in [1.807, 2.05) is 6.07 Å². The summed E-state index contributed by atoms with van der Waals surface area (Å²) < 4.78 is 28.8. The quantitative estimate of drug-likeness (QED) is 0.647. The number of nitrogens with one attached hydrogen (secondary N) is 2. The zero-order chi connectivity index (χ0) is 23.3. The second kappa shape index (κ2) is 10.5. The number of benzene rings is 2. The lowest BCUT2D eigenvalue weighted by Crippen LogP contribution is -2.38. The van der Waals surface area contributed by atoms with Crippen molar-refractivity contribution in [2.45, 2.75) is 49.5 Å². The number of carbonyl (C=O) groups excluding carboxylic acids is 1. The van der Waals surface area contributed by atoms with Gasteiger partial charge in [-0.3, -0.25) is 4.79 Å². The Bertz CT molecular complexity index is 1140. The van der Waals surface area contributed by atoms with E-state index in [1.54, 1.807) is 36.4 Å². The van der Waals surface area contributed by atoms with Gasteiger partial charge in [0.15, 0.2) is 0 Å². The average Bonchev–Trinajstić information content (AvgIpc) is 3.25.